The first-order chi connectivity index (χ1) is 40.9. The van der Waals surface area contributed by atoms with Crippen molar-refractivity contribution in [1.29, 1.82) is 0 Å². The topological polar surface area (TPSA) is 40.0 Å². The third-order valence-electron chi connectivity index (χ3n) is 14.5. The summed E-state index contributed by atoms with van der Waals surface area (Å²) in [7, 11) is 0. The molecule has 9 rings (SSSR count). The third kappa shape index (κ3) is 17.8. The van der Waals surface area contributed by atoms with Gasteiger partial charge < -0.3 is 9.47 Å². The molecule has 1 aliphatic rings. The summed E-state index contributed by atoms with van der Waals surface area (Å²) < 4.78 is 28.2. The number of rotatable bonds is 38. The van der Waals surface area contributed by atoms with Crippen LogP contribution in [0.15, 0.2) is 112 Å². The molecule has 8 aromatic rings. The second-order valence-electron chi connectivity index (χ2n) is 21.0. The van der Waals surface area contributed by atoms with Crippen LogP contribution in [0.4, 0.5) is 0 Å². The zero-order chi connectivity index (χ0) is 57.6. The van der Waals surface area contributed by atoms with Crippen LogP contribution in [-0.4, -0.2) is 35.7 Å². The molecule has 4 nitrogen and oxygen atoms in total. The summed E-state index contributed by atoms with van der Waals surface area (Å²) in [6, 6.07) is 27.6. The van der Waals surface area contributed by atoms with Crippen LogP contribution >= 0.6 is 103 Å². The number of halogens is 1. The van der Waals surface area contributed by atoms with E-state index in [1.165, 1.54) is 172 Å². The average Bonchev–Trinajstić information content (AvgIpc) is 4.07. The molecule has 0 aromatic carbocycles. The first-order valence-corrected chi connectivity index (χ1v) is 40.8. The zero-order valence-electron chi connectivity index (χ0n) is 49.3. The summed E-state index contributed by atoms with van der Waals surface area (Å²) in [4.78, 5) is 17.7. The first kappa shape index (κ1) is 64.4. The standard InChI is InChI=1S/C69H83INO3S9/c1-7-12-16-20-24-40-70-51-38-44-75-66(51)59-34-30-55(78-59)57-32-37-62(80-57)69-54(74-43-27-23-19-15-10-4)47-64(83-69)50-29-28-49(48(6)65(50)71-77-11-5)63-46-53(73-42-26-22-18-14-9-3)68(82-63)61-36-33-58(81-61)56-31-35-60(79-56)67-52(39-45-76-67)72-41-25-21-17-13-8-2/h28-39,44-47H,6-27,40-43H2,1-5H3/q-1. The zero-order valence-corrected chi connectivity index (χ0v) is 58.9. The molecule has 0 bridgehead atoms. The normalized spacial score (nSPS) is 13.2. The molecule has 8 aromatic heterocycles. The fourth-order valence-electron chi connectivity index (χ4n) is 9.94. The van der Waals surface area contributed by atoms with Crippen LogP contribution in [-0.2, 0) is 0 Å². The number of hydrogen-bond acceptors (Lipinski definition) is 13. The van der Waals surface area contributed by atoms with E-state index >= 15 is 0 Å². The van der Waals surface area contributed by atoms with Gasteiger partial charge in [0, 0.05) is 41.3 Å². The second kappa shape index (κ2) is 34.5. The van der Waals surface area contributed by atoms with Gasteiger partial charge in [0.1, 0.15) is 11.5 Å². The van der Waals surface area contributed by atoms with Gasteiger partial charge >= 0.3 is 212 Å². The third-order valence-corrected chi connectivity index (χ3v) is 28.1. The van der Waals surface area contributed by atoms with Gasteiger partial charge in [0.05, 0.1) is 28.7 Å². The molecular formula is C69H83INO3S9-. The van der Waals surface area contributed by atoms with Crippen LogP contribution in [0, 0.1) is 3.57 Å². The van der Waals surface area contributed by atoms with Crippen LogP contribution in [0.3, 0.4) is 0 Å². The summed E-state index contributed by atoms with van der Waals surface area (Å²) in [6.07, 6.45) is 29.5. The van der Waals surface area contributed by atoms with Crippen LogP contribution in [0.1, 0.15) is 173 Å². The predicted molar refractivity (Wildman–Crippen MR) is 374 cm³/mol. The van der Waals surface area contributed by atoms with Crippen LogP contribution in [0.25, 0.3) is 69.7 Å². The van der Waals surface area contributed by atoms with Gasteiger partial charge in [-0.1, -0.05) is 123 Å². The molecule has 1 aliphatic carbocycles. The van der Waals surface area contributed by atoms with Gasteiger partial charge in [-0.2, -0.15) is 0 Å². The van der Waals surface area contributed by atoms with E-state index < -0.39 is 0 Å². The van der Waals surface area contributed by atoms with Crippen molar-refractivity contribution in [3.05, 3.63) is 121 Å². The summed E-state index contributed by atoms with van der Waals surface area (Å²) in [5.41, 5.74) is 4.07. The Balaban J connectivity index is 0.980. The Morgan fingerprint density at radius 3 is 1.33 bits per heavy atom. The number of thiophene rings is 8. The minimum Gasteiger partial charge on any atom is -0.215 e. The molecule has 0 saturated heterocycles. The molecule has 0 atom stereocenters. The largest absolute Gasteiger partial charge is 0.215 e. The molecule has 0 amide bonds. The van der Waals surface area contributed by atoms with Crippen molar-refractivity contribution in [3.63, 3.8) is 0 Å². The van der Waals surface area contributed by atoms with Crippen molar-refractivity contribution in [3.8, 4) is 75.8 Å². The van der Waals surface area contributed by atoms with Crippen molar-refractivity contribution in [2.45, 2.75) is 163 Å². The van der Waals surface area contributed by atoms with Crippen molar-refractivity contribution in [1.82, 2.24) is 0 Å². The fraction of sp³-hybridized carbons (Fsp3) is 0.435. The summed E-state index contributed by atoms with van der Waals surface area (Å²) in [5.74, 6) is 3.80. The van der Waals surface area contributed by atoms with E-state index in [4.69, 9.17) is 25.2 Å². The number of ether oxygens (including phenoxy) is 3. The minimum atomic E-state index is 0.0284. The summed E-state index contributed by atoms with van der Waals surface area (Å²) in [5, 5.41) is 4.47. The molecular weight excluding hydrogens is 1310 g/mol. The summed E-state index contributed by atoms with van der Waals surface area (Å²) in [6.45, 7) is 18.3. The van der Waals surface area contributed by atoms with Crippen molar-refractivity contribution in [2.75, 3.05) is 30.0 Å². The maximum Gasteiger partial charge on any atom is 0.0872 e. The molecule has 0 N–H and O–H groups in total. The first-order valence-electron chi connectivity index (χ1n) is 30.5. The van der Waals surface area contributed by atoms with E-state index in [0.29, 0.717) is 13.2 Å². The molecule has 0 saturated carbocycles. The van der Waals surface area contributed by atoms with Crippen molar-refractivity contribution >= 4 is 120 Å². The fourth-order valence-corrected chi connectivity index (χ4v) is 22.8. The van der Waals surface area contributed by atoms with Gasteiger partial charge in [-0.3, -0.25) is 0 Å². The maximum absolute atomic E-state index is 6.81. The van der Waals surface area contributed by atoms with Gasteiger partial charge in [0.25, 0.3) is 0 Å². The number of nitrogens with zero attached hydrogens (tertiary/aromatic N) is 1. The Hall–Kier alpha value is -3.03. The van der Waals surface area contributed by atoms with Crippen molar-refractivity contribution < 1.29 is 35.4 Å². The Kier molecular flexibility index (Phi) is 26.8. The van der Waals surface area contributed by atoms with Gasteiger partial charge in [-0.25, -0.2) is 4.40 Å². The smallest absolute Gasteiger partial charge is 0.0872 e. The Morgan fingerprint density at radius 2 is 0.819 bits per heavy atom. The molecule has 0 fully saturated rings. The quantitative estimate of drug-likeness (QED) is 0.0167. The SMILES string of the molecule is C=C1C(c2cc(OCCCCCCC)c(-c3ccc(-c4ccc(-c5sccc5OCCCCCCC)s4)s3)s2)=CC=C(c2cc(OCCCCCCC)c(-c3ccc(-c4ccc(-c5sccc5[I-]CCCCCCC)s4)s3)s2)C1=NSCC. The van der Waals surface area contributed by atoms with Gasteiger partial charge in [-0.15, -0.1) is 45.3 Å². The van der Waals surface area contributed by atoms with Gasteiger partial charge in [0.2, 0.25) is 0 Å². The van der Waals surface area contributed by atoms with Crippen molar-refractivity contribution in [2.24, 2.45) is 4.40 Å². The van der Waals surface area contributed by atoms with E-state index in [0.717, 1.165) is 81.1 Å². The van der Waals surface area contributed by atoms with Gasteiger partial charge in [0.15, 0.2) is 0 Å². The molecule has 444 valence electrons. The molecule has 0 aliphatic heterocycles. The average molecular weight is 1390 g/mol. The molecule has 83 heavy (non-hydrogen) atoms. The van der Waals surface area contributed by atoms with Gasteiger partial charge in [-0.05, 0) is 73.0 Å². The van der Waals surface area contributed by atoms with E-state index in [1.54, 1.807) is 26.9 Å². The van der Waals surface area contributed by atoms with E-state index in [9.17, 15) is 0 Å². The predicted octanol–water partition coefficient (Wildman–Crippen LogP) is 22.6. The number of unbranched alkanes of at least 4 members (excludes halogenated alkanes) is 16. The molecule has 0 unspecified atom stereocenters. The van der Waals surface area contributed by atoms with E-state index in [-0.39, 0.29) is 21.2 Å². The van der Waals surface area contributed by atoms with E-state index in [1.807, 2.05) is 79.4 Å². The number of allylic oxidation sites excluding steroid dienone is 5. The van der Waals surface area contributed by atoms with Crippen LogP contribution in [0.2, 0.25) is 0 Å². The van der Waals surface area contributed by atoms with Crippen LogP contribution < -0.4 is 35.4 Å². The monoisotopic (exact) mass is 1390 g/mol. The number of hydrogen-bond donors (Lipinski definition) is 0. The van der Waals surface area contributed by atoms with Crippen LogP contribution in [0.5, 0.6) is 17.2 Å². The Labute approximate surface area is 543 Å². The molecule has 0 radical (unpaired) electrons. The van der Waals surface area contributed by atoms with E-state index in [2.05, 4.69) is 130 Å². The maximum atomic E-state index is 6.81. The minimum absolute atomic E-state index is 0.0284. The Morgan fingerprint density at radius 1 is 0.410 bits per heavy atom. The molecule has 14 heteroatoms. The Bertz CT molecular complexity index is 3340. The number of alkyl halides is 1. The second-order valence-corrected chi connectivity index (χ2v) is 33.3. The molecule has 0 spiro atoms. The molecule has 8 heterocycles. The summed E-state index contributed by atoms with van der Waals surface area (Å²) >= 11 is 16.5.